The Morgan fingerprint density at radius 1 is 1.33 bits per heavy atom. The zero-order valence-electron chi connectivity index (χ0n) is 7.72. The second kappa shape index (κ2) is 3.59. The first-order valence-electron chi connectivity index (χ1n) is 5.19. The van der Waals surface area contributed by atoms with Crippen molar-refractivity contribution < 1.29 is 0 Å². The quantitative estimate of drug-likeness (QED) is 0.730. The molecule has 1 saturated heterocycles. The zero-order chi connectivity index (χ0) is 8.44. The zero-order valence-corrected chi connectivity index (χ0v) is 8.54. The summed E-state index contributed by atoms with van der Waals surface area (Å²) >= 11 is 2.21. The number of hydrogen-bond donors (Lipinski definition) is 1. The Bertz CT molecular complexity index is 148. The molecule has 1 nitrogen and oxygen atoms in total. The molecule has 0 spiro atoms. The fraction of sp³-hybridized carbons (Fsp3) is 1.00. The van der Waals surface area contributed by atoms with Gasteiger partial charge in [0.2, 0.25) is 0 Å². The predicted molar refractivity (Wildman–Crippen MR) is 55.4 cm³/mol. The molecule has 1 unspecified atom stereocenters. The van der Waals surface area contributed by atoms with E-state index in [4.69, 9.17) is 5.73 Å². The lowest BCUT2D eigenvalue weighted by Gasteiger charge is -2.46. The Morgan fingerprint density at radius 3 is 2.58 bits per heavy atom. The predicted octanol–water partition coefficient (Wildman–Crippen LogP) is 2.40. The average molecular weight is 185 g/mol. The SMILES string of the molecule is NCCC1(C2CCCS2)CCC1. The van der Waals surface area contributed by atoms with Gasteiger partial charge in [-0.25, -0.2) is 0 Å². The van der Waals surface area contributed by atoms with Gasteiger partial charge in [0.1, 0.15) is 0 Å². The van der Waals surface area contributed by atoms with Crippen molar-refractivity contribution in [3.8, 4) is 0 Å². The lowest BCUT2D eigenvalue weighted by atomic mass is 9.63. The summed E-state index contributed by atoms with van der Waals surface area (Å²) in [4.78, 5) is 0. The van der Waals surface area contributed by atoms with E-state index < -0.39 is 0 Å². The van der Waals surface area contributed by atoms with Gasteiger partial charge < -0.3 is 5.73 Å². The van der Waals surface area contributed by atoms with Crippen LogP contribution in [0.2, 0.25) is 0 Å². The second-order valence-electron chi connectivity index (χ2n) is 4.26. The van der Waals surface area contributed by atoms with Gasteiger partial charge in [-0.15, -0.1) is 0 Å². The molecule has 0 amide bonds. The Kier molecular flexibility index (Phi) is 2.66. The first-order chi connectivity index (χ1) is 5.87. The summed E-state index contributed by atoms with van der Waals surface area (Å²) in [6, 6.07) is 0. The highest BCUT2D eigenvalue weighted by atomic mass is 32.2. The molecule has 12 heavy (non-hydrogen) atoms. The molecular weight excluding hydrogens is 166 g/mol. The normalized spacial score (nSPS) is 33.2. The molecule has 0 bridgehead atoms. The van der Waals surface area contributed by atoms with Crippen molar-refractivity contribution in [1.82, 2.24) is 0 Å². The molecular formula is C10H19NS. The minimum atomic E-state index is 0.690. The topological polar surface area (TPSA) is 26.0 Å². The molecule has 2 N–H and O–H groups in total. The maximum absolute atomic E-state index is 5.68. The second-order valence-corrected chi connectivity index (χ2v) is 5.57. The number of rotatable bonds is 3. The summed E-state index contributed by atoms with van der Waals surface area (Å²) in [7, 11) is 0. The number of nitrogens with two attached hydrogens (primary N) is 1. The van der Waals surface area contributed by atoms with E-state index in [0.29, 0.717) is 5.41 Å². The van der Waals surface area contributed by atoms with Crippen LogP contribution in [0.25, 0.3) is 0 Å². The molecule has 1 heterocycles. The highest BCUT2D eigenvalue weighted by molar-refractivity contribution is 8.00. The summed E-state index contributed by atoms with van der Waals surface area (Å²) in [5.41, 5.74) is 6.37. The summed E-state index contributed by atoms with van der Waals surface area (Å²) < 4.78 is 0. The minimum Gasteiger partial charge on any atom is -0.330 e. The van der Waals surface area contributed by atoms with Crippen molar-refractivity contribution in [3.05, 3.63) is 0 Å². The minimum absolute atomic E-state index is 0.690. The van der Waals surface area contributed by atoms with Crippen LogP contribution in [-0.4, -0.2) is 17.5 Å². The Labute approximate surface area is 79.5 Å². The summed E-state index contributed by atoms with van der Waals surface area (Å²) in [5, 5.41) is 0.967. The molecule has 0 aromatic heterocycles. The van der Waals surface area contributed by atoms with Crippen molar-refractivity contribution in [2.24, 2.45) is 11.1 Å². The van der Waals surface area contributed by atoms with Gasteiger partial charge in [0.05, 0.1) is 0 Å². The maximum atomic E-state index is 5.68. The summed E-state index contributed by atoms with van der Waals surface area (Å²) in [6.45, 7) is 0.900. The van der Waals surface area contributed by atoms with Crippen LogP contribution in [0.1, 0.15) is 38.5 Å². The van der Waals surface area contributed by atoms with Crippen molar-refractivity contribution in [1.29, 1.82) is 0 Å². The summed E-state index contributed by atoms with van der Waals surface area (Å²) in [5.74, 6) is 1.40. The molecule has 2 aliphatic rings. The fourth-order valence-corrected chi connectivity index (χ4v) is 4.37. The first-order valence-corrected chi connectivity index (χ1v) is 6.24. The first kappa shape index (κ1) is 8.89. The third-order valence-electron chi connectivity index (χ3n) is 3.60. The standard InChI is InChI=1S/C10H19NS/c11-7-6-10(4-2-5-10)9-3-1-8-12-9/h9H,1-8,11H2. The van der Waals surface area contributed by atoms with Crippen molar-refractivity contribution in [2.75, 3.05) is 12.3 Å². The Hall–Kier alpha value is 0.310. The van der Waals surface area contributed by atoms with E-state index in [1.807, 2.05) is 0 Å². The van der Waals surface area contributed by atoms with Crippen LogP contribution in [0.15, 0.2) is 0 Å². The van der Waals surface area contributed by atoms with Crippen LogP contribution in [0.4, 0.5) is 0 Å². The monoisotopic (exact) mass is 185 g/mol. The van der Waals surface area contributed by atoms with Gasteiger partial charge in [0.15, 0.2) is 0 Å². The van der Waals surface area contributed by atoms with E-state index in [1.54, 1.807) is 0 Å². The van der Waals surface area contributed by atoms with E-state index in [0.717, 1.165) is 11.8 Å². The molecule has 0 aromatic rings. The van der Waals surface area contributed by atoms with Crippen LogP contribution in [0.5, 0.6) is 0 Å². The van der Waals surface area contributed by atoms with E-state index in [-0.39, 0.29) is 0 Å². The van der Waals surface area contributed by atoms with Crippen LogP contribution in [0, 0.1) is 5.41 Å². The largest absolute Gasteiger partial charge is 0.330 e. The van der Waals surface area contributed by atoms with Crippen molar-refractivity contribution in [3.63, 3.8) is 0 Å². The molecule has 0 aromatic carbocycles. The van der Waals surface area contributed by atoms with E-state index >= 15 is 0 Å². The number of hydrogen-bond acceptors (Lipinski definition) is 2. The van der Waals surface area contributed by atoms with E-state index in [1.165, 1.54) is 44.3 Å². The van der Waals surface area contributed by atoms with Crippen LogP contribution in [0.3, 0.4) is 0 Å². The number of thioether (sulfide) groups is 1. The fourth-order valence-electron chi connectivity index (χ4n) is 2.71. The molecule has 0 radical (unpaired) electrons. The van der Waals surface area contributed by atoms with Crippen molar-refractivity contribution in [2.45, 2.75) is 43.8 Å². The highest BCUT2D eigenvalue weighted by Crippen LogP contribution is 2.54. The van der Waals surface area contributed by atoms with Crippen LogP contribution >= 0.6 is 11.8 Å². The molecule has 1 aliphatic heterocycles. The highest BCUT2D eigenvalue weighted by Gasteiger charge is 2.44. The van der Waals surface area contributed by atoms with Crippen LogP contribution in [-0.2, 0) is 0 Å². The average Bonchev–Trinajstić information content (AvgIpc) is 2.48. The molecule has 2 rings (SSSR count). The molecule has 70 valence electrons. The molecule has 2 fully saturated rings. The van der Waals surface area contributed by atoms with Crippen LogP contribution < -0.4 is 5.73 Å². The van der Waals surface area contributed by atoms with Gasteiger partial charge in [-0.1, -0.05) is 6.42 Å². The molecule has 1 atom stereocenters. The van der Waals surface area contributed by atoms with E-state index in [2.05, 4.69) is 11.8 Å². The molecule has 1 saturated carbocycles. The molecule has 1 aliphatic carbocycles. The molecule has 2 heteroatoms. The third kappa shape index (κ3) is 1.39. The van der Waals surface area contributed by atoms with Crippen molar-refractivity contribution >= 4 is 11.8 Å². The van der Waals surface area contributed by atoms with Gasteiger partial charge in [0.25, 0.3) is 0 Å². The lowest BCUT2D eigenvalue weighted by molar-refractivity contribution is 0.117. The summed E-state index contributed by atoms with van der Waals surface area (Å²) in [6.07, 6.45) is 8.57. The Morgan fingerprint density at radius 2 is 2.17 bits per heavy atom. The van der Waals surface area contributed by atoms with Gasteiger partial charge in [-0.2, -0.15) is 11.8 Å². The van der Waals surface area contributed by atoms with E-state index in [9.17, 15) is 0 Å². The van der Waals surface area contributed by atoms with Gasteiger partial charge in [0, 0.05) is 5.25 Å². The Balaban J connectivity index is 1.95. The van der Waals surface area contributed by atoms with Gasteiger partial charge in [-0.05, 0) is 49.8 Å². The lowest BCUT2D eigenvalue weighted by Crippen LogP contribution is -2.40. The van der Waals surface area contributed by atoms with Gasteiger partial charge in [-0.3, -0.25) is 0 Å². The maximum Gasteiger partial charge on any atom is 0.0104 e. The van der Waals surface area contributed by atoms with Gasteiger partial charge >= 0.3 is 0 Å². The third-order valence-corrected chi connectivity index (χ3v) is 5.27. The smallest absolute Gasteiger partial charge is 0.0104 e.